The highest BCUT2D eigenvalue weighted by molar-refractivity contribution is 6.32. The molecule has 0 aliphatic carbocycles. The quantitative estimate of drug-likeness (QED) is 0.514. The Bertz CT molecular complexity index is 335. The van der Waals surface area contributed by atoms with Crippen LogP contribution in [-0.4, -0.2) is 9.78 Å². The Balaban J connectivity index is 3.30. The van der Waals surface area contributed by atoms with Crippen molar-refractivity contribution in [3.05, 3.63) is 21.6 Å². The van der Waals surface area contributed by atoms with E-state index < -0.39 is 0 Å². The molecule has 0 aliphatic rings. The minimum Gasteiger partial charge on any atom is -0.321 e. The van der Waals surface area contributed by atoms with Gasteiger partial charge in [0.2, 0.25) is 0 Å². The van der Waals surface area contributed by atoms with Gasteiger partial charge in [0.15, 0.2) is 0 Å². The van der Waals surface area contributed by atoms with Crippen molar-refractivity contribution in [2.24, 2.45) is 5.84 Å². The maximum Gasteiger partial charge on any atom is 0.287 e. The second-order valence-electron chi connectivity index (χ2n) is 2.14. The molecule has 0 spiro atoms. The fourth-order valence-electron chi connectivity index (χ4n) is 0.791. The van der Waals surface area contributed by atoms with Crippen LogP contribution in [0.1, 0.15) is 6.92 Å². The highest BCUT2D eigenvalue weighted by Gasteiger charge is 2.05. The van der Waals surface area contributed by atoms with E-state index >= 15 is 0 Å². The molecule has 0 aromatic carbocycles. The van der Waals surface area contributed by atoms with Gasteiger partial charge in [-0.3, -0.25) is 10.6 Å². The Morgan fingerprint density at radius 1 is 1.83 bits per heavy atom. The minimum absolute atomic E-state index is 0.0642. The predicted molar refractivity (Wildman–Crippen MR) is 47.0 cm³/mol. The molecule has 0 atom stereocenters. The van der Waals surface area contributed by atoms with Gasteiger partial charge in [0.1, 0.15) is 5.02 Å². The fourth-order valence-corrected chi connectivity index (χ4v) is 0.992. The molecule has 1 aromatic rings. The first kappa shape index (κ1) is 9.02. The van der Waals surface area contributed by atoms with Gasteiger partial charge in [-0.25, -0.2) is 4.68 Å². The molecule has 6 heteroatoms. The summed E-state index contributed by atoms with van der Waals surface area (Å²) >= 11 is 5.66. The average molecular weight is 189 g/mol. The standard InChI is InChI=1S/C6H9ClN4O/c1-2-11-6(12)5(7)4(10-8)3-9-11/h3,10H,2,8H2,1H3. The summed E-state index contributed by atoms with van der Waals surface area (Å²) in [6, 6.07) is 0. The van der Waals surface area contributed by atoms with Crippen LogP contribution in [0.2, 0.25) is 5.02 Å². The molecule has 12 heavy (non-hydrogen) atoms. The highest BCUT2D eigenvalue weighted by atomic mass is 35.5. The average Bonchev–Trinajstić information content (AvgIpc) is 2.10. The topological polar surface area (TPSA) is 72.9 Å². The molecule has 3 N–H and O–H groups in total. The lowest BCUT2D eigenvalue weighted by molar-refractivity contribution is 0.616. The third-order valence-corrected chi connectivity index (χ3v) is 1.81. The second kappa shape index (κ2) is 3.55. The van der Waals surface area contributed by atoms with Gasteiger partial charge >= 0.3 is 0 Å². The zero-order valence-electron chi connectivity index (χ0n) is 6.54. The molecule has 66 valence electrons. The summed E-state index contributed by atoms with van der Waals surface area (Å²) in [5.41, 5.74) is 2.28. The van der Waals surface area contributed by atoms with E-state index in [9.17, 15) is 4.79 Å². The van der Waals surface area contributed by atoms with E-state index in [2.05, 4.69) is 10.5 Å². The monoisotopic (exact) mass is 188 g/mol. The molecule has 0 radical (unpaired) electrons. The Morgan fingerprint density at radius 2 is 2.50 bits per heavy atom. The van der Waals surface area contributed by atoms with Gasteiger partial charge in [0.25, 0.3) is 5.56 Å². The minimum atomic E-state index is -0.338. The molecule has 0 bridgehead atoms. The predicted octanol–water partition coefficient (Wildman–Crippen LogP) is 0.202. The van der Waals surface area contributed by atoms with Gasteiger partial charge in [-0.1, -0.05) is 11.6 Å². The van der Waals surface area contributed by atoms with Crippen LogP contribution in [0.4, 0.5) is 5.69 Å². The number of aryl methyl sites for hydroxylation is 1. The number of rotatable bonds is 2. The van der Waals surface area contributed by atoms with E-state index in [1.807, 2.05) is 0 Å². The SMILES string of the molecule is CCn1ncc(NN)c(Cl)c1=O. The fraction of sp³-hybridized carbons (Fsp3) is 0.333. The third-order valence-electron chi connectivity index (χ3n) is 1.44. The Morgan fingerprint density at radius 3 is 3.00 bits per heavy atom. The molecular weight excluding hydrogens is 180 g/mol. The highest BCUT2D eigenvalue weighted by Crippen LogP contribution is 2.12. The molecule has 0 aliphatic heterocycles. The van der Waals surface area contributed by atoms with Crippen LogP contribution in [0.3, 0.4) is 0 Å². The molecule has 1 rings (SSSR count). The van der Waals surface area contributed by atoms with E-state index in [1.165, 1.54) is 10.9 Å². The molecule has 1 aromatic heterocycles. The number of halogens is 1. The molecule has 0 amide bonds. The van der Waals surface area contributed by atoms with Crippen LogP contribution < -0.4 is 16.8 Å². The largest absolute Gasteiger partial charge is 0.321 e. The smallest absolute Gasteiger partial charge is 0.287 e. The lowest BCUT2D eigenvalue weighted by Gasteiger charge is -2.04. The van der Waals surface area contributed by atoms with Crippen molar-refractivity contribution in [3.8, 4) is 0 Å². The van der Waals surface area contributed by atoms with E-state index in [1.54, 1.807) is 6.92 Å². The number of nitrogens with one attached hydrogen (secondary N) is 1. The summed E-state index contributed by atoms with van der Waals surface area (Å²) in [5, 5.41) is 3.87. The van der Waals surface area contributed by atoms with Crippen LogP contribution in [0.25, 0.3) is 0 Å². The number of hydrogen-bond acceptors (Lipinski definition) is 4. The van der Waals surface area contributed by atoms with Gasteiger partial charge in [0.05, 0.1) is 11.9 Å². The van der Waals surface area contributed by atoms with Crippen LogP contribution in [-0.2, 0) is 6.54 Å². The molecule has 0 unspecified atom stereocenters. The summed E-state index contributed by atoms with van der Waals surface area (Å²) in [7, 11) is 0. The third kappa shape index (κ3) is 1.41. The lowest BCUT2D eigenvalue weighted by atomic mass is 10.5. The van der Waals surface area contributed by atoms with E-state index in [0.717, 1.165) is 0 Å². The summed E-state index contributed by atoms with van der Waals surface area (Å²) in [6.45, 7) is 2.30. The summed E-state index contributed by atoms with van der Waals surface area (Å²) in [5.74, 6) is 5.09. The van der Waals surface area contributed by atoms with Crippen LogP contribution in [0.15, 0.2) is 11.0 Å². The number of hydrazine groups is 1. The van der Waals surface area contributed by atoms with Gasteiger partial charge < -0.3 is 5.43 Å². The Hall–Kier alpha value is -1.07. The first-order valence-electron chi connectivity index (χ1n) is 3.43. The maximum atomic E-state index is 11.3. The summed E-state index contributed by atoms with van der Waals surface area (Å²) in [6.07, 6.45) is 1.41. The Kier molecular flexibility index (Phi) is 2.67. The maximum absolute atomic E-state index is 11.3. The van der Waals surface area contributed by atoms with Crippen molar-refractivity contribution in [2.45, 2.75) is 13.5 Å². The van der Waals surface area contributed by atoms with Gasteiger partial charge in [-0.15, -0.1) is 0 Å². The molecule has 0 saturated carbocycles. The molecule has 0 saturated heterocycles. The van der Waals surface area contributed by atoms with E-state index in [-0.39, 0.29) is 10.6 Å². The van der Waals surface area contributed by atoms with Gasteiger partial charge in [0, 0.05) is 6.54 Å². The van der Waals surface area contributed by atoms with Crippen molar-refractivity contribution in [2.75, 3.05) is 5.43 Å². The molecule has 1 heterocycles. The normalized spacial score (nSPS) is 9.92. The van der Waals surface area contributed by atoms with Crippen molar-refractivity contribution in [1.82, 2.24) is 9.78 Å². The number of aromatic nitrogens is 2. The van der Waals surface area contributed by atoms with Crippen molar-refractivity contribution < 1.29 is 0 Å². The second-order valence-corrected chi connectivity index (χ2v) is 2.52. The van der Waals surface area contributed by atoms with Crippen molar-refractivity contribution >= 4 is 17.3 Å². The number of nitrogens with zero attached hydrogens (tertiary/aromatic N) is 2. The summed E-state index contributed by atoms with van der Waals surface area (Å²) in [4.78, 5) is 11.3. The zero-order valence-corrected chi connectivity index (χ0v) is 7.30. The zero-order chi connectivity index (χ0) is 9.14. The number of anilines is 1. The lowest BCUT2D eigenvalue weighted by Crippen LogP contribution is -2.24. The van der Waals surface area contributed by atoms with Gasteiger partial charge in [-0.2, -0.15) is 5.10 Å². The number of hydrogen-bond donors (Lipinski definition) is 2. The molecule has 0 fully saturated rings. The van der Waals surface area contributed by atoms with Gasteiger partial charge in [-0.05, 0) is 6.92 Å². The van der Waals surface area contributed by atoms with Crippen LogP contribution in [0, 0.1) is 0 Å². The van der Waals surface area contributed by atoms with Crippen molar-refractivity contribution in [1.29, 1.82) is 0 Å². The molecule has 5 nitrogen and oxygen atoms in total. The number of nitrogens with two attached hydrogens (primary N) is 1. The van der Waals surface area contributed by atoms with E-state index in [0.29, 0.717) is 12.2 Å². The van der Waals surface area contributed by atoms with Crippen LogP contribution >= 0.6 is 11.6 Å². The number of nitrogen functional groups attached to an aromatic ring is 1. The van der Waals surface area contributed by atoms with Crippen molar-refractivity contribution in [3.63, 3.8) is 0 Å². The molecular formula is C6H9ClN4O. The van der Waals surface area contributed by atoms with E-state index in [4.69, 9.17) is 17.4 Å². The van der Waals surface area contributed by atoms with Crippen LogP contribution in [0.5, 0.6) is 0 Å². The first-order chi connectivity index (χ1) is 5.70. The first-order valence-corrected chi connectivity index (χ1v) is 3.80. The summed E-state index contributed by atoms with van der Waals surface area (Å²) < 4.78 is 1.25. The Labute approximate surface area is 74.1 Å².